The van der Waals surface area contributed by atoms with Crippen molar-refractivity contribution in [3.05, 3.63) is 40.7 Å². The lowest BCUT2D eigenvalue weighted by Gasteiger charge is -2.07. The van der Waals surface area contributed by atoms with E-state index in [2.05, 4.69) is 41.7 Å². The van der Waals surface area contributed by atoms with Gasteiger partial charge < -0.3 is 10.1 Å². The molecule has 0 aliphatic heterocycles. The van der Waals surface area contributed by atoms with Crippen molar-refractivity contribution in [2.24, 2.45) is 0 Å². The van der Waals surface area contributed by atoms with E-state index in [1.807, 2.05) is 18.2 Å². The Bertz CT molecular complexity index is 496. The molecule has 0 radical (unpaired) electrons. The van der Waals surface area contributed by atoms with Gasteiger partial charge in [-0.05, 0) is 26.8 Å². The van der Waals surface area contributed by atoms with E-state index < -0.39 is 0 Å². The van der Waals surface area contributed by atoms with Gasteiger partial charge in [0, 0.05) is 24.1 Å². The predicted octanol–water partition coefficient (Wildman–Crippen LogP) is 3.71. The van der Waals surface area contributed by atoms with Crippen LogP contribution in [0.5, 0.6) is 0 Å². The number of hydrogen-bond donors (Lipinski definition) is 1. The molecule has 0 saturated carbocycles. The van der Waals surface area contributed by atoms with Crippen LogP contribution in [-0.2, 0) is 11.3 Å². The first-order valence-corrected chi connectivity index (χ1v) is 7.96. The van der Waals surface area contributed by atoms with Gasteiger partial charge in [-0.15, -0.1) is 11.3 Å². The summed E-state index contributed by atoms with van der Waals surface area (Å²) in [5.74, 6) is 0. The van der Waals surface area contributed by atoms with Gasteiger partial charge in [-0.2, -0.15) is 0 Å². The monoisotopic (exact) mass is 290 g/mol. The van der Waals surface area contributed by atoms with E-state index in [1.54, 1.807) is 11.3 Å². The van der Waals surface area contributed by atoms with Crippen molar-refractivity contribution < 1.29 is 4.74 Å². The molecule has 1 aromatic carbocycles. The highest BCUT2D eigenvalue weighted by Crippen LogP contribution is 2.21. The SMILES string of the molecule is CC(C)OCCCNCc1nc(-c2ccccc2)cs1. The fraction of sp³-hybridized carbons (Fsp3) is 0.438. The van der Waals surface area contributed by atoms with Crippen LogP contribution in [0.3, 0.4) is 0 Å². The summed E-state index contributed by atoms with van der Waals surface area (Å²) in [6.45, 7) is 6.74. The van der Waals surface area contributed by atoms with E-state index in [1.165, 1.54) is 5.56 Å². The van der Waals surface area contributed by atoms with E-state index in [0.29, 0.717) is 6.10 Å². The number of hydrogen-bond acceptors (Lipinski definition) is 4. The molecule has 20 heavy (non-hydrogen) atoms. The van der Waals surface area contributed by atoms with Crippen molar-refractivity contribution in [2.75, 3.05) is 13.2 Å². The molecule has 2 rings (SSSR count). The predicted molar refractivity (Wildman–Crippen MR) is 85.0 cm³/mol. The quantitative estimate of drug-likeness (QED) is 0.752. The molecule has 0 aliphatic carbocycles. The second-order valence-corrected chi connectivity index (χ2v) is 5.89. The molecule has 1 N–H and O–H groups in total. The molecule has 0 saturated heterocycles. The summed E-state index contributed by atoms with van der Waals surface area (Å²) in [5.41, 5.74) is 2.25. The zero-order valence-corrected chi connectivity index (χ0v) is 13.0. The van der Waals surface area contributed by atoms with Gasteiger partial charge in [0.15, 0.2) is 0 Å². The van der Waals surface area contributed by atoms with E-state index in [9.17, 15) is 0 Å². The number of benzene rings is 1. The highest BCUT2D eigenvalue weighted by Gasteiger charge is 2.03. The van der Waals surface area contributed by atoms with Gasteiger partial charge in [-0.1, -0.05) is 30.3 Å². The van der Waals surface area contributed by atoms with Gasteiger partial charge in [-0.3, -0.25) is 0 Å². The number of ether oxygens (including phenoxy) is 1. The third kappa shape index (κ3) is 5.04. The highest BCUT2D eigenvalue weighted by molar-refractivity contribution is 7.09. The number of aromatic nitrogens is 1. The van der Waals surface area contributed by atoms with Crippen molar-refractivity contribution >= 4 is 11.3 Å². The fourth-order valence-electron chi connectivity index (χ4n) is 1.85. The fourth-order valence-corrected chi connectivity index (χ4v) is 2.62. The van der Waals surface area contributed by atoms with Gasteiger partial charge >= 0.3 is 0 Å². The summed E-state index contributed by atoms with van der Waals surface area (Å²) in [6, 6.07) is 10.3. The molecule has 0 bridgehead atoms. The van der Waals surface area contributed by atoms with Gasteiger partial charge in [0.1, 0.15) is 5.01 Å². The van der Waals surface area contributed by atoms with Crippen molar-refractivity contribution in [1.82, 2.24) is 10.3 Å². The lowest BCUT2D eigenvalue weighted by Crippen LogP contribution is -2.17. The Morgan fingerprint density at radius 2 is 2.05 bits per heavy atom. The Labute approximate surface area is 125 Å². The molecule has 108 valence electrons. The maximum Gasteiger partial charge on any atom is 0.107 e. The lowest BCUT2D eigenvalue weighted by molar-refractivity contribution is 0.0770. The Morgan fingerprint density at radius 3 is 2.80 bits per heavy atom. The highest BCUT2D eigenvalue weighted by atomic mass is 32.1. The van der Waals surface area contributed by atoms with Gasteiger partial charge in [-0.25, -0.2) is 4.98 Å². The molecule has 0 amide bonds. The molecule has 0 atom stereocenters. The van der Waals surface area contributed by atoms with Crippen LogP contribution in [0.1, 0.15) is 25.3 Å². The molecule has 0 aliphatic rings. The van der Waals surface area contributed by atoms with E-state index >= 15 is 0 Å². The van der Waals surface area contributed by atoms with Gasteiger partial charge in [0.25, 0.3) is 0 Å². The third-order valence-corrected chi connectivity index (χ3v) is 3.70. The summed E-state index contributed by atoms with van der Waals surface area (Å²) in [6.07, 6.45) is 1.36. The van der Waals surface area contributed by atoms with Crippen LogP contribution in [0.2, 0.25) is 0 Å². The summed E-state index contributed by atoms with van der Waals surface area (Å²) in [4.78, 5) is 4.65. The van der Waals surface area contributed by atoms with E-state index in [-0.39, 0.29) is 0 Å². The number of nitrogens with zero attached hydrogens (tertiary/aromatic N) is 1. The van der Waals surface area contributed by atoms with E-state index in [4.69, 9.17) is 4.74 Å². The van der Waals surface area contributed by atoms with Crippen LogP contribution in [-0.4, -0.2) is 24.2 Å². The Balaban J connectivity index is 1.71. The Hall–Kier alpha value is -1.23. The first-order valence-electron chi connectivity index (χ1n) is 7.08. The molecule has 1 heterocycles. The second-order valence-electron chi connectivity index (χ2n) is 4.94. The van der Waals surface area contributed by atoms with Crippen LogP contribution >= 0.6 is 11.3 Å². The maximum absolute atomic E-state index is 5.50. The summed E-state index contributed by atoms with van der Waals surface area (Å²) in [7, 11) is 0. The molecular formula is C16H22N2OS. The zero-order chi connectivity index (χ0) is 14.2. The molecule has 4 heteroatoms. The van der Waals surface area contributed by atoms with Crippen LogP contribution in [0.4, 0.5) is 0 Å². The molecule has 0 fully saturated rings. The number of rotatable bonds is 8. The Kier molecular flexibility index (Phi) is 6.18. The minimum atomic E-state index is 0.322. The van der Waals surface area contributed by atoms with Gasteiger partial charge in [0.2, 0.25) is 0 Å². The average Bonchev–Trinajstić information content (AvgIpc) is 2.92. The van der Waals surface area contributed by atoms with Crippen LogP contribution < -0.4 is 5.32 Å². The van der Waals surface area contributed by atoms with E-state index in [0.717, 1.165) is 36.8 Å². The molecule has 0 unspecified atom stereocenters. The minimum Gasteiger partial charge on any atom is -0.379 e. The topological polar surface area (TPSA) is 34.1 Å². The average molecular weight is 290 g/mol. The number of nitrogens with one attached hydrogen (secondary N) is 1. The van der Waals surface area contributed by atoms with Crippen molar-refractivity contribution in [3.8, 4) is 11.3 Å². The maximum atomic E-state index is 5.50. The second kappa shape index (κ2) is 8.15. The third-order valence-electron chi connectivity index (χ3n) is 2.85. The zero-order valence-electron chi connectivity index (χ0n) is 12.1. The normalized spacial score (nSPS) is 11.2. The molecular weight excluding hydrogens is 268 g/mol. The molecule has 0 spiro atoms. The van der Waals surface area contributed by atoms with Crippen LogP contribution in [0, 0.1) is 0 Å². The van der Waals surface area contributed by atoms with Crippen LogP contribution in [0.15, 0.2) is 35.7 Å². The van der Waals surface area contributed by atoms with Crippen molar-refractivity contribution in [1.29, 1.82) is 0 Å². The number of thiazole rings is 1. The first kappa shape index (κ1) is 15.2. The summed E-state index contributed by atoms with van der Waals surface area (Å²) in [5, 5.41) is 6.66. The van der Waals surface area contributed by atoms with Crippen molar-refractivity contribution in [3.63, 3.8) is 0 Å². The van der Waals surface area contributed by atoms with Gasteiger partial charge in [0.05, 0.1) is 11.8 Å². The van der Waals surface area contributed by atoms with Crippen molar-refractivity contribution in [2.45, 2.75) is 32.9 Å². The summed E-state index contributed by atoms with van der Waals surface area (Å²) < 4.78 is 5.50. The minimum absolute atomic E-state index is 0.322. The lowest BCUT2D eigenvalue weighted by atomic mass is 10.2. The molecule has 3 nitrogen and oxygen atoms in total. The van der Waals surface area contributed by atoms with Crippen LogP contribution in [0.25, 0.3) is 11.3 Å². The largest absolute Gasteiger partial charge is 0.379 e. The molecule has 1 aromatic heterocycles. The molecule has 2 aromatic rings. The summed E-state index contributed by atoms with van der Waals surface area (Å²) >= 11 is 1.71. The standard InChI is InChI=1S/C16H22N2OS/c1-13(2)19-10-6-9-17-11-16-18-15(12-20-16)14-7-4-3-5-8-14/h3-5,7-8,12-13,17H,6,9-11H2,1-2H3. The first-order chi connectivity index (χ1) is 9.75. The Morgan fingerprint density at radius 1 is 1.25 bits per heavy atom. The smallest absolute Gasteiger partial charge is 0.107 e.